The maximum atomic E-state index is 12.3. The zero-order chi connectivity index (χ0) is 18.4. The van der Waals surface area contributed by atoms with Crippen LogP contribution in [0, 0.1) is 0 Å². The molecule has 0 aliphatic carbocycles. The van der Waals surface area contributed by atoms with Crippen molar-refractivity contribution < 1.29 is 19.1 Å². The lowest BCUT2D eigenvalue weighted by atomic mass is 10.2. The van der Waals surface area contributed by atoms with Gasteiger partial charge in [-0.1, -0.05) is 6.07 Å². The highest BCUT2D eigenvalue weighted by Gasteiger charge is 2.21. The number of hydrogen-bond acceptors (Lipinski definition) is 5. The molecule has 0 N–H and O–H groups in total. The van der Waals surface area contributed by atoms with E-state index in [1.54, 1.807) is 31.4 Å². The van der Waals surface area contributed by atoms with Crippen molar-refractivity contribution in [2.24, 2.45) is 0 Å². The van der Waals surface area contributed by atoms with Gasteiger partial charge < -0.3 is 19.3 Å². The predicted octanol–water partition coefficient (Wildman–Crippen LogP) is 2.24. The Bertz CT molecular complexity index is 753. The molecule has 6 nitrogen and oxygen atoms in total. The molecule has 0 unspecified atom stereocenters. The summed E-state index contributed by atoms with van der Waals surface area (Å²) in [5.41, 5.74) is 1.68. The normalized spacial score (nSPS) is 14.0. The van der Waals surface area contributed by atoms with Gasteiger partial charge in [0, 0.05) is 43.5 Å². The van der Waals surface area contributed by atoms with Gasteiger partial charge in [0.2, 0.25) is 0 Å². The highest BCUT2D eigenvalue weighted by Crippen LogP contribution is 2.22. The topological polar surface area (TPSA) is 59.1 Å². The average Bonchev–Trinajstić information content (AvgIpc) is 2.72. The van der Waals surface area contributed by atoms with E-state index in [9.17, 15) is 9.59 Å². The Kier molecular flexibility index (Phi) is 5.73. The van der Waals surface area contributed by atoms with E-state index in [-0.39, 0.29) is 12.5 Å². The summed E-state index contributed by atoms with van der Waals surface area (Å²) in [7, 11) is 1.65. The molecule has 136 valence electrons. The number of ether oxygens (including phenoxy) is 2. The first-order chi connectivity index (χ1) is 12.7. The molecular weight excluding hydrogens is 332 g/mol. The maximum absolute atomic E-state index is 12.3. The van der Waals surface area contributed by atoms with Crippen LogP contribution in [0.1, 0.15) is 10.4 Å². The van der Waals surface area contributed by atoms with Crippen LogP contribution in [-0.4, -0.2) is 57.0 Å². The van der Waals surface area contributed by atoms with Gasteiger partial charge >= 0.3 is 0 Å². The number of methoxy groups -OCH3 is 1. The van der Waals surface area contributed by atoms with Gasteiger partial charge in [0.05, 0.1) is 7.11 Å². The molecule has 26 heavy (non-hydrogen) atoms. The number of hydrogen-bond donors (Lipinski definition) is 0. The monoisotopic (exact) mass is 354 g/mol. The van der Waals surface area contributed by atoms with Crippen molar-refractivity contribution in [1.82, 2.24) is 4.90 Å². The van der Waals surface area contributed by atoms with Crippen molar-refractivity contribution in [2.75, 3.05) is 44.8 Å². The molecule has 1 heterocycles. The molecule has 0 radical (unpaired) electrons. The van der Waals surface area contributed by atoms with Crippen molar-refractivity contribution in [2.45, 2.75) is 0 Å². The fourth-order valence-electron chi connectivity index (χ4n) is 2.90. The Balaban J connectivity index is 1.49. The Morgan fingerprint density at radius 1 is 1.04 bits per heavy atom. The molecule has 1 aliphatic rings. The zero-order valence-corrected chi connectivity index (χ0v) is 14.8. The lowest BCUT2D eigenvalue weighted by Crippen LogP contribution is -2.50. The van der Waals surface area contributed by atoms with E-state index in [1.165, 1.54) is 0 Å². The van der Waals surface area contributed by atoms with Crippen LogP contribution < -0.4 is 14.4 Å². The minimum absolute atomic E-state index is 0.000401. The van der Waals surface area contributed by atoms with Gasteiger partial charge in [-0.05, 0) is 36.4 Å². The van der Waals surface area contributed by atoms with Crippen molar-refractivity contribution in [3.05, 3.63) is 54.1 Å². The van der Waals surface area contributed by atoms with Crippen molar-refractivity contribution in [3.8, 4) is 11.5 Å². The largest absolute Gasteiger partial charge is 0.497 e. The number of aldehydes is 1. The summed E-state index contributed by atoms with van der Waals surface area (Å²) in [5.74, 6) is 1.38. The van der Waals surface area contributed by atoms with Crippen LogP contribution in [0.2, 0.25) is 0 Å². The summed E-state index contributed by atoms with van der Waals surface area (Å²) < 4.78 is 10.8. The third kappa shape index (κ3) is 4.33. The molecule has 2 aromatic carbocycles. The van der Waals surface area contributed by atoms with Crippen LogP contribution in [0.25, 0.3) is 0 Å². The number of nitrogens with zero attached hydrogens (tertiary/aromatic N) is 2. The Morgan fingerprint density at radius 3 is 2.42 bits per heavy atom. The maximum Gasteiger partial charge on any atom is 0.260 e. The summed E-state index contributed by atoms with van der Waals surface area (Å²) >= 11 is 0. The van der Waals surface area contributed by atoms with E-state index < -0.39 is 0 Å². The molecule has 1 aliphatic heterocycles. The highest BCUT2D eigenvalue weighted by molar-refractivity contribution is 5.78. The number of piperazine rings is 1. The quantitative estimate of drug-likeness (QED) is 0.745. The van der Waals surface area contributed by atoms with Gasteiger partial charge in [0.15, 0.2) is 6.61 Å². The van der Waals surface area contributed by atoms with Crippen molar-refractivity contribution in [3.63, 3.8) is 0 Å². The van der Waals surface area contributed by atoms with Gasteiger partial charge in [0.1, 0.15) is 17.8 Å². The van der Waals surface area contributed by atoms with E-state index in [0.29, 0.717) is 24.4 Å². The third-order valence-corrected chi connectivity index (χ3v) is 4.43. The Labute approximate surface area is 152 Å². The minimum Gasteiger partial charge on any atom is -0.497 e. The minimum atomic E-state index is -0.0326. The average molecular weight is 354 g/mol. The first-order valence-electron chi connectivity index (χ1n) is 8.54. The smallest absolute Gasteiger partial charge is 0.260 e. The van der Waals surface area contributed by atoms with E-state index in [0.717, 1.165) is 30.8 Å². The summed E-state index contributed by atoms with van der Waals surface area (Å²) in [5, 5.41) is 0. The molecule has 1 saturated heterocycles. The van der Waals surface area contributed by atoms with Crippen LogP contribution in [0.15, 0.2) is 48.5 Å². The van der Waals surface area contributed by atoms with E-state index in [2.05, 4.69) is 4.90 Å². The number of amides is 1. The lowest BCUT2D eigenvalue weighted by molar-refractivity contribution is -0.133. The molecule has 3 rings (SSSR count). The standard InChI is InChI=1S/C20H22N2O4/c1-25-19-4-2-3-17(13-19)21-9-11-22(12-10-21)20(24)15-26-18-7-5-16(14-23)6-8-18/h2-8,13-14H,9-12,15H2,1H3. The van der Waals surface area contributed by atoms with Crippen LogP contribution in [0.5, 0.6) is 11.5 Å². The van der Waals surface area contributed by atoms with Gasteiger partial charge in [-0.25, -0.2) is 0 Å². The van der Waals surface area contributed by atoms with E-state index in [1.807, 2.05) is 29.2 Å². The number of carbonyl (C=O) groups is 2. The zero-order valence-electron chi connectivity index (χ0n) is 14.8. The van der Waals surface area contributed by atoms with Gasteiger partial charge in [0.25, 0.3) is 5.91 Å². The van der Waals surface area contributed by atoms with Crippen molar-refractivity contribution in [1.29, 1.82) is 0 Å². The van der Waals surface area contributed by atoms with Crippen LogP contribution in [0.4, 0.5) is 5.69 Å². The number of anilines is 1. The van der Waals surface area contributed by atoms with Crippen LogP contribution in [-0.2, 0) is 4.79 Å². The summed E-state index contributed by atoms with van der Waals surface area (Å²) in [4.78, 5) is 27.0. The molecule has 0 atom stereocenters. The second-order valence-electron chi connectivity index (χ2n) is 6.04. The van der Waals surface area contributed by atoms with Gasteiger partial charge in [-0.3, -0.25) is 9.59 Å². The molecular formula is C20H22N2O4. The van der Waals surface area contributed by atoms with Gasteiger partial charge in [-0.15, -0.1) is 0 Å². The summed E-state index contributed by atoms with van der Waals surface area (Å²) in [6.07, 6.45) is 0.775. The Hall–Kier alpha value is -3.02. The van der Waals surface area contributed by atoms with Crippen LogP contribution >= 0.6 is 0 Å². The molecule has 0 saturated carbocycles. The molecule has 0 bridgehead atoms. The predicted molar refractivity (Wildman–Crippen MR) is 99.1 cm³/mol. The highest BCUT2D eigenvalue weighted by atomic mass is 16.5. The SMILES string of the molecule is COc1cccc(N2CCN(C(=O)COc3ccc(C=O)cc3)CC2)c1. The van der Waals surface area contributed by atoms with E-state index in [4.69, 9.17) is 9.47 Å². The summed E-state index contributed by atoms with van der Waals surface area (Å²) in [6, 6.07) is 14.7. The number of benzene rings is 2. The number of carbonyl (C=O) groups excluding carboxylic acids is 2. The number of rotatable bonds is 6. The molecule has 6 heteroatoms. The van der Waals surface area contributed by atoms with Gasteiger partial charge in [-0.2, -0.15) is 0 Å². The first-order valence-corrected chi connectivity index (χ1v) is 8.54. The molecule has 0 aromatic heterocycles. The lowest BCUT2D eigenvalue weighted by Gasteiger charge is -2.36. The second-order valence-corrected chi connectivity index (χ2v) is 6.04. The van der Waals surface area contributed by atoms with E-state index >= 15 is 0 Å². The van der Waals surface area contributed by atoms with Crippen LogP contribution in [0.3, 0.4) is 0 Å². The molecule has 1 fully saturated rings. The fourth-order valence-corrected chi connectivity index (χ4v) is 2.90. The molecule has 0 spiro atoms. The fraction of sp³-hybridized carbons (Fsp3) is 0.300. The molecule has 2 aromatic rings. The van der Waals surface area contributed by atoms with Crippen molar-refractivity contribution >= 4 is 17.9 Å². The molecule has 1 amide bonds. The Morgan fingerprint density at radius 2 is 1.77 bits per heavy atom. The first kappa shape index (κ1) is 17.8. The summed E-state index contributed by atoms with van der Waals surface area (Å²) in [6.45, 7) is 2.85. The third-order valence-electron chi connectivity index (χ3n) is 4.43. The second kappa shape index (κ2) is 8.38.